The zero-order valence-corrected chi connectivity index (χ0v) is 18.7. The van der Waals surface area contributed by atoms with Crippen LogP contribution in [0, 0.1) is 0 Å². The lowest BCUT2D eigenvalue weighted by Crippen LogP contribution is -2.32. The minimum atomic E-state index is 0.0709. The number of ether oxygens (including phenoxy) is 1. The molecule has 31 heavy (non-hydrogen) atoms. The highest BCUT2D eigenvalue weighted by atomic mass is 16.5. The van der Waals surface area contributed by atoms with E-state index in [2.05, 4.69) is 24.0 Å². The summed E-state index contributed by atoms with van der Waals surface area (Å²) in [5.41, 5.74) is 3.13. The minimum absolute atomic E-state index is 0.0709. The van der Waals surface area contributed by atoms with Crippen LogP contribution in [0.5, 0.6) is 5.75 Å². The van der Waals surface area contributed by atoms with Gasteiger partial charge in [0.05, 0.1) is 12.9 Å². The van der Waals surface area contributed by atoms with Crippen LogP contribution in [0.15, 0.2) is 67.3 Å². The van der Waals surface area contributed by atoms with Crippen molar-refractivity contribution in [3.05, 3.63) is 83.9 Å². The summed E-state index contributed by atoms with van der Waals surface area (Å²) in [6.07, 6.45) is 9.82. The molecule has 0 spiro atoms. The number of aromatic nitrogens is 2. The van der Waals surface area contributed by atoms with Crippen LogP contribution in [0.25, 0.3) is 0 Å². The topological polar surface area (TPSA) is 47.4 Å². The van der Waals surface area contributed by atoms with Crippen molar-refractivity contribution in [1.29, 1.82) is 0 Å². The normalized spacial score (nSPS) is 10.8. The van der Waals surface area contributed by atoms with Gasteiger partial charge in [-0.05, 0) is 61.6 Å². The molecular formula is C26H33N3O2. The third-order valence-electron chi connectivity index (χ3n) is 5.32. The van der Waals surface area contributed by atoms with Crippen LogP contribution in [-0.2, 0) is 19.5 Å². The molecule has 164 valence electrons. The van der Waals surface area contributed by atoms with Crippen molar-refractivity contribution in [2.75, 3.05) is 13.2 Å². The highest BCUT2D eigenvalue weighted by Gasteiger charge is 2.16. The molecule has 0 saturated heterocycles. The van der Waals surface area contributed by atoms with E-state index in [0.717, 1.165) is 36.3 Å². The molecule has 0 aliphatic rings. The molecule has 5 heteroatoms. The van der Waals surface area contributed by atoms with Crippen molar-refractivity contribution in [2.24, 2.45) is 0 Å². The summed E-state index contributed by atoms with van der Waals surface area (Å²) in [7, 11) is 0. The van der Waals surface area contributed by atoms with Gasteiger partial charge in [0.2, 0.25) is 0 Å². The summed E-state index contributed by atoms with van der Waals surface area (Å²) in [5, 5.41) is 0. The number of amides is 1. The van der Waals surface area contributed by atoms with E-state index in [4.69, 9.17) is 4.74 Å². The minimum Gasteiger partial charge on any atom is -0.494 e. The van der Waals surface area contributed by atoms with Crippen molar-refractivity contribution >= 4 is 5.91 Å². The Hall–Kier alpha value is -3.08. The lowest BCUT2D eigenvalue weighted by Gasteiger charge is -2.23. The zero-order chi connectivity index (χ0) is 21.9. The summed E-state index contributed by atoms with van der Waals surface area (Å²) in [5.74, 6) is 0.924. The van der Waals surface area contributed by atoms with Gasteiger partial charge in [0.1, 0.15) is 5.75 Å². The summed E-state index contributed by atoms with van der Waals surface area (Å²) in [6.45, 7) is 6.91. The van der Waals surface area contributed by atoms with Crippen molar-refractivity contribution in [3.8, 4) is 5.75 Å². The molecule has 3 aromatic rings. The van der Waals surface area contributed by atoms with E-state index >= 15 is 0 Å². The lowest BCUT2D eigenvalue weighted by molar-refractivity contribution is 0.0739. The molecule has 1 aromatic heterocycles. The molecule has 5 nitrogen and oxygen atoms in total. The first-order valence-electron chi connectivity index (χ1n) is 11.2. The van der Waals surface area contributed by atoms with Gasteiger partial charge in [-0.15, -0.1) is 0 Å². The Kier molecular flexibility index (Phi) is 8.71. The number of imidazole rings is 1. The highest BCUT2D eigenvalue weighted by Crippen LogP contribution is 2.17. The predicted molar refractivity (Wildman–Crippen MR) is 124 cm³/mol. The Labute approximate surface area is 185 Å². The molecule has 0 saturated carbocycles. The molecular weight excluding hydrogens is 386 g/mol. The molecule has 2 aromatic carbocycles. The molecule has 0 bridgehead atoms. The van der Waals surface area contributed by atoms with Gasteiger partial charge in [0, 0.05) is 37.6 Å². The Balaban J connectivity index is 1.69. The lowest BCUT2D eigenvalue weighted by atomic mass is 10.1. The number of benzene rings is 2. The second-order valence-corrected chi connectivity index (χ2v) is 7.76. The van der Waals surface area contributed by atoms with Crippen molar-refractivity contribution in [1.82, 2.24) is 14.5 Å². The molecule has 0 unspecified atom stereocenters. The van der Waals surface area contributed by atoms with Gasteiger partial charge >= 0.3 is 0 Å². The van der Waals surface area contributed by atoms with Gasteiger partial charge in [-0.2, -0.15) is 0 Å². The predicted octanol–water partition coefficient (Wildman–Crippen LogP) is 5.36. The quantitative estimate of drug-likeness (QED) is 0.397. The fourth-order valence-corrected chi connectivity index (χ4v) is 3.57. The molecule has 1 amide bonds. The largest absolute Gasteiger partial charge is 0.494 e. The summed E-state index contributed by atoms with van der Waals surface area (Å²) in [4.78, 5) is 19.4. The third kappa shape index (κ3) is 6.99. The summed E-state index contributed by atoms with van der Waals surface area (Å²) in [6, 6.07) is 16.1. The van der Waals surface area contributed by atoms with Gasteiger partial charge in [-0.3, -0.25) is 4.79 Å². The number of unbranched alkanes of at least 4 members (excludes halogenated alkanes) is 1. The van der Waals surface area contributed by atoms with E-state index in [1.54, 1.807) is 6.20 Å². The van der Waals surface area contributed by atoms with Gasteiger partial charge < -0.3 is 14.2 Å². The highest BCUT2D eigenvalue weighted by molar-refractivity contribution is 5.94. The first-order chi connectivity index (χ1) is 15.2. The second kappa shape index (κ2) is 11.9. The number of rotatable bonds is 12. The van der Waals surface area contributed by atoms with Crippen molar-refractivity contribution in [3.63, 3.8) is 0 Å². The van der Waals surface area contributed by atoms with E-state index < -0.39 is 0 Å². The van der Waals surface area contributed by atoms with Crippen LogP contribution in [-0.4, -0.2) is 33.5 Å². The number of carbonyl (C=O) groups is 1. The monoisotopic (exact) mass is 419 g/mol. The number of aryl methyl sites for hydroxylation is 2. The second-order valence-electron chi connectivity index (χ2n) is 7.76. The van der Waals surface area contributed by atoms with E-state index in [-0.39, 0.29) is 5.91 Å². The van der Waals surface area contributed by atoms with Crippen LogP contribution in [0.4, 0.5) is 0 Å². The molecule has 0 radical (unpaired) electrons. The number of hydrogen-bond acceptors (Lipinski definition) is 3. The average molecular weight is 420 g/mol. The van der Waals surface area contributed by atoms with Crippen LogP contribution >= 0.6 is 0 Å². The average Bonchev–Trinajstić information content (AvgIpc) is 3.32. The van der Waals surface area contributed by atoms with E-state index in [9.17, 15) is 4.79 Å². The Bertz CT molecular complexity index is 903. The van der Waals surface area contributed by atoms with Crippen molar-refractivity contribution < 1.29 is 9.53 Å². The fraction of sp³-hybridized carbons (Fsp3) is 0.385. The van der Waals surface area contributed by atoms with E-state index in [1.807, 2.05) is 65.3 Å². The van der Waals surface area contributed by atoms with Gasteiger partial charge in [-0.25, -0.2) is 4.98 Å². The molecule has 1 heterocycles. The first-order valence-corrected chi connectivity index (χ1v) is 11.2. The Morgan fingerprint density at radius 2 is 1.74 bits per heavy atom. The Morgan fingerprint density at radius 3 is 2.39 bits per heavy atom. The smallest absolute Gasteiger partial charge is 0.254 e. The molecule has 0 aliphatic carbocycles. The zero-order valence-electron chi connectivity index (χ0n) is 18.7. The van der Waals surface area contributed by atoms with Crippen LogP contribution in [0.1, 0.15) is 54.6 Å². The summed E-state index contributed by atoms with van der Waals surface area (Å²) >= 11 is 0. The number of hydrogen-bond donors (Lipinski definition) is 0. The molecule has 3 rings (SSSR count). The number of carbonyl (C=O) groups excluding carboxylic acids is 1. The van der Waals surface area contributed by atoms with Crippen LogP contribution < -0.4 is 4.74 Å². The molecule has 0 N–H and O–H groups in total. The van der Waals surface area contributed by atoms with Crippen LogP contribution in [0.2, 0.25) is 0 Å². The Morgan fingerprint density at radius 1 is 1.00 bits per heavy atom. The standard InChI is InChI=1S/C26H33N3O2/c1-3-5-7-22-8-12-24(13-9-22)26(30)29(18-6-17-28-19-16-27-21-28)20-23-10-14-25(15-11-23)31-4-2/h8-16,19,21H,3-7,17-18,20H2,1-2H3. The first kappa shape index (κ1) is 22.6. The van der Waals surface area contributed by atoms with Gasteiger partial charge in [0.25, 0.3) is 5.91 Å². The molecule has 0 aliphatic heterocycles. The SMILES string of the molecule is CCCCc1ccc(C(=O)N(CCCn2ccnc2)Cc2ccc(OCC)cc2)cc1. The van der Waals surface area contributed by atoms with Gasteiger partial charge in [-0.1, -0.05) is 37.6 Å². The van der Waals surface area contributed by atoms with Gasteiger partial charge in [0.15, 0.2) is 0 Å². The molecule has 0 fully saturated rings. The summed E-state index contributed by atoms with van der Waals surface area (Å²) < 4.78 is 7.58. The fourth-order valence-electron chi connectivity index (χ4n) is 3.57. The van der Waals surface area contributed by atoms with E-state index in [1.165, 1.54) is 18.4 Å². The van der Waals surface area contributed by atoms with E-state index in [0.29, 0.717) is 19.7 Å². The number of nitrogens with zero attached hydrogens (tertiary/aromatic N) is 3. The maximum atomic E-state index is 13.3. The maximum Gasteiger partial charge on any atom is 0.254 e. The molecule has 0 atom stereocenters. The van der Waals surface area contributed by atoms with Crippen LogP contribution in [0.3, 0.4) is 0 Å². The third-order valence-corrected chi connectivity index (χ3v) is 5.32. The maximum absolute atomic E-state index is 13.3. The van der Waals surface area contributed by atoms with Crippen molar-refractivity contribution in [2.45, 2.75) is 52.6 Å².